The van der Waals surface area contributed by atoms with Crippen LogP contribution in [0.4, 0.5) is 0 Å². The molecule has 3 nitrogen and oxygen atoms in total. The zero-order valence-corrected chi connectivity index (χ0v) is 14.0. The first kappa shape index (κ1) is 16.5. The third kappa shape index (κ3) is 3.88. The predicted molar refractivity (Wildman–Crippen MR) is 87.8 cm³/mol. The number of hydrogen-bond donors (Lipinski definition) is 2. The fraction of sp³-hybridized carbons (Fsp3) is 0.833. The Morgan fingerprint density at radius 1 is 1.38 bits per heavy atom. The minimum atomic E-state index is -0.00808. The molecule has 3 atom stereocenters. The van der Waals surface area contributed by atoms with E-state index >= 15 is 0 Å². The normalized spacial score (nSPS) is 32.4. The van der Waals surface area contributed by atoms with Gasteiger partial charge in [-0.15, -0.1) is 0 Å². The van der Waals surface area contributed by atoms with Crippen molar-refractivity contribution in [1.29, 1.82) is 0 Å². The molecule has 2 aliphatic rings. The molecule has 0 radical (unpaired) electrons. The van der Waals surface area contributed by atoms with Gasteiger partial charge < -0.3 is 11.1 Å². The summed E-state index contributed by atoms with van der Waals surface area (Å²) in [4.78, 5) is 12.5. The lowest BCUT2D eigenvalue weighted by molar-refractivity contribution is -0.132. The van der Waals surface area contributed by atoms with Crippen LogP contribution in [-0.4, -0.2) is 18.5 Å². The van der Waals surface area contributed by atoms with Gasteiger partial charge in [0, 0.05) is 18.5 Å². The largest absolute Gasteiger partial charge is 0.356 e. The van der Waals surface area contributed by atoms with Crippen LogP contribution in [0.2, 0.25) is 0 Å². The van der Waals surface area contributed by atoms with E-state index in [2.05, 4.69) is 32.2 Å². The van der Waals surface area contributed by atoms with Gasteiger partial charge in [-0.05, 0) is 56.3 Å². The van der Waals surface area contributed by atoms with Crippen molar-refractivity contribution in [2.75, 3.05) is 6.54 Å². The van der Waals surface area contributed by atoms with Crippen molar-refractivity contribution in [3.8, 4) is 0 Å². The first-order valence-corrected chi connectivity index (χ1v) is 8.64. The number of carbonyl (C=O) groups excluding carboxylic acids is 1. The average Bonchev–Trinajstić information content (AvgIpc) is 2.46. The standard InChI is InChI=1S/C18H32N2O/c1-13-16(19)10-9-15(18(13,2)3)17(21)20-12-11-14-7-5-4-6-8-14/h7,13,15-16H,4-6,8-12,19H2,1-3H3,(H,20,21). The lowest BCUT2D eigenvalue weighted by atomic mass is 9.61. The van der Waals surface area contributed by atoms with Crippen molar-refractivity contribution in [3.63, 3.8) is 0 Å². The van der Waals surface area contributed by atoms with Crippen LogP contribution in [0.25, 0.3) is 0 Å². The van der Waals surface area contributed by atoms with Crippen molar-refractivity contribution in [2.45, 2.75) is 71.8 Å². The van der Waals surface area contributed by atoms with Crippen molar-refractivity contribution in [2.24, 2.45) is 23.0 Å². The van der Waals surface area contributed by atoms with E-state index in [-0.39, 0.29) is 23.3 Å². The van der Waals surface area contributed by atoms with Crippen LogP contribution < -0.4 is 11.1 Å². The van der Waals surface area contributed by atoms with Gasteiger partial charge in [0.25, 0.3) is 0 Å². The molecule has 1 amide bonds. The minimum Gasteiger partial charge on any atom is -0.356 e. The molecule has 0 aromatic carbocycles. The van der Waals surface area contributed by atoms with Crippen LogP contribution in [0.5, 0.6) is 0 Å². The van der Waals surface area contributed by atoms with E-state index in [1.807, 2.05) is 0 Å². The maximum atomic E-state index is 12.5. The Labute approximate surface area is 129 Å². The molecule has 0 aromatic rings. The minimum absolute atomic E-state index is 0.00808. The van der Waals surface area contributed by atoms with E-state index < -0.39 is 0 Å². The molecule has 120 valence electrons. The summed E-state index contributed by atoms with van der Waals surface area (Å²) in [6, 6.07) is 0.233. The van der Waals surface area contributed by atoms with Crippen molar-refractivity contribution >= 4 is 5.91 Å². The van der Waals surface area contributed by atoms with Gasteiger partial charge in [0.1, 0.15) is 0 Å². The van der Waals surface area contributed by atoms with Crippen LogP contribution in [0, 0.1) is 17.3 Å². The molecule has 3 N–H and O–H groups in total. The molecule has 21 heavy (non-hydrogen) atoms. The molecule has 0 spiro atoms. The summed E-state index contributed by atoms with van der Waals surface area (Å²) in [5.74, 6) is 0.728. The van der Waals surface area contributed by atoms with Crippen LogP contribution in [0.15, 0.2) is 11.6 Å². The molecule has 0 saturated heterocycles. The summed E-state index contributed by atoms with van der Waals surface area (Å²) < 4.78 is 0. The lowest BCUT2D eigenvalue weighted by Crippen LogP contribution is -2.51. The van der Waals surface area contributed by atoms with E-state index in [1.165, 1.54) is 31.3 Å². The van der Waals surface area contributed by atoms with Gasteiger partial charge in [-0.1, -0.05) is 32.4 Å². The zero-order valence-electron chi connectivity index (χ0n) is 14.0. The van der Waals surface area contributed by atoms with Crippen molar-refractivity contribution in [3.05, 3.63) is 11.6 Å². The number of hydrogen-bond acceptors (Lipinski definition) is 2. The molecule has 3 heteroatoms. The Balaban J connectivity index is 1.83. The van der Waals surface area contributed by atoms with Crippen LogP contribution >= 0.6 is 0 Å². The zero-order chi connectivity index (χ0) is 15.5. The number of allylic oxidation sites excluding steroid dienone is 1. The molecular weight excluding hydrogens is 260 g/mol. The van der Waals surface area contributed by atoms with E-state index in [0.717, 1.165) is 25.8 Å². The third-order valence-electron chi connectivity index (χ3n) is 5.95. The van der Waals surface area contributed by atoms with E-state index in [0.29, 0.717) is 5.92 Å². The average molecular weight is 292 g/mol. The fourth-order valence-corrected chi connectivity index (χ4v) is 3.92. The highest BCUT2D eigenvalue weighted by Gasteiger charge is 2.44. The summed E-state index contributed by atoms with van der Waals surface area (Å²) in [6.07, 6.45) is 10.3. The van der Waals surface area contributed by atoms with Gasteiger partial charge in [-0.3, -0.25) is 4.79 Å². The van der Waals surface area contributed by atoms with E-state index in [9.17, 15) is 4.79 Å². The quantitative estimate of drug-likeness (QED) is 0.780. The number of nitrogens with one attached hydrogen (secondary N) is 1. The number of carbonyl (C=O) groups is 1. The summed E-state index contributed by atoms with van der Waals surface area (Å²) in [6.45, 7) is 7.38. The van der Waals surface area contributed by atoms with Gasteiger partial charge >= 0.3 is 0 Å². The number of nitrogens with two attached hydrogens (primary N) is 1. The highest BCUT2D eigenvalue weighted by molar-refractivity contribution is 5.79. The van der Waals surface area contributed by atoms with Crippen LogP contribution in [0.1, 0.15) is 65.7 Å². The summed E-state index contributed by atoms with van der Waals surface area (Å²) in [5.41, 5.74) is 7.69. The predicted octanol–water partition coefficient (Wildman–Crippen LogP) is 3.39. The maximum Gasteiger partial charge on any atom is 0.223 e. The molecule has 0 heterocycles. The Hall–Kier alpha value is -0.830. The summed E-state index contributed by atoms with van der Waals surface area (Å²) in [7, 11) is 0. The molecular formula is C18H32N2O. The Kier molecular flexibility index (Phi) is 5.48. The Morgan fingerprint density at radius 3 is 2.81 bits per heavy atom. The smallest absolute Gasteiger partial charge is 0.223 e. The second kappa shape index (κ2) is 6.95. The first-order chi connectivity index (χ1) is 9.93. The second-order valence-corrected chi connectivity index (χ2v) is 7.55. The van der Waals surface area contributed by atoms with Gasteiger partial charge in [0.15, 0.2) is 0 Å². The molecule has 2 aliphatic carbocycles. The molecule has 1 saturated carbocycles. The molecule has 0 aromatic heterocycles. The van der Waals surface area contributed by atoms with E-state index in [1.54, 1.807) is 0 Å². The van der Waals surface area contributed by atoms with E-state index in [4.69, 9.17) is 5.73 Å². The van der Waals surface area contributed by atoms with Gasteiger partial charge in [0.05, 0.1) is 0 Å². The molecule has 3 unspecified atom stereocenters. The molecule has 1 fully saturated rings. The molecule has 2 rings (SSSR count). The fourth-order valence-electron chi connectivity index (χ4n) is 3.92. The maximum absolute atomic E-state index is 12.5. The topological polar surface area (TPSA) is 55.1 Å². The first-order valence-electron chi connectivity index (χ1n) is 8.64. The second-order valence-electron chi connectivity index (χ2n) is 7.55. The SMILES string of the molecule is CC1C(N)CCC(C(=O)NCCC2=CCCCC2)C1(C)C. The van der Waals surface area contributed by atoms with Crippen molar-refractivity contribution in [1.82, 2.24) is 5.32 Å². The number of rotatable bonds is 4. The third-order valence-corrected chi connectivity index (χ3v) is 5.95. The van der Waals surface area contributed by atoms with Crippen LogP contribution in [-0.2, 0) is 4.79 Å². The van der Waals surface area contributed by atoms with Gasteiger partial charge in [-0.25, -0.2) is 0 Å². The Bertz CT molecular complexity index is 400. The number of amides is 1. The van der Waals surface area contributed by atoms with Gasteiger partial charge in [0.2, 0.25) is 5.91 Å². The van der Waals surface area contributed by atoms with Crippen LogP contribution in [0.3, 0.4) is 0 Å². The van der Waals surface area contributed by atoms with Crippen molar-refractivity contribution < 1.29 is 4.79 Å². The molecule has 0 bridgehead atoms. The summed E-state index contributed by atoms with van der Waals surface area (Å²) in [5, 5.41) is 3.17. The Morgan fingerprint density at radius 2 is 2.14 bits per heavy atom. The lowest BCUT2D eigenvalue weighted by Gasteiger charge is -2.46. The molecule has 0 aliphatic heterocycles. The highest BCUT2D eigenvalue weighted by Crippen LogP contribution is 2.44. The summed E-state index contributed by atoms with van der Waals surface area (Å²) >= 11 is 0. The highest BCUT2D eigenvalue weighted by atomic mass is 16.1. The monoisotopic (exact) mass is 292 g/mol. The van der Waals surface area contributed by atoms with Gasteiger partial charge in [-0.2, -0.15) is 0 Å².